The Kier molecular flexibility index (Phi) is 2.13. The highest BCUT2D eigenvalue weighted by molar-refractivity contribution is 6.14. The van der Waals surface area contributed by atoms with E-state index in [1.165, 1.54) is 6.20 Å². The Balaban J connectivity index is 1.90. The first-order chi connectivity index (χ1) is 9.76. The summed E-state index contributed by atoms with van der Waals surface area (Å²) >= 11 is 0. The molecule has 2 heterocycles. The monoisotopic (exact) mass is 264 g/mol. The number of hydrogen-bond acceptors (Lipinski definition) is 3. The molecule has 1 aromatic carbocycles. The summed E-state index contributed by atoms with van der Waals surface area (Å²) in [6.07, 6.45) is 5.68. The van der Waals surface area contributed by atoms with Gasteiger partial charge in [-0.25, -0.2) is 0 Å². The molecule has 1 fully saturated rings. The minimum absolute atomic E-state index is 0.101. The third-order valence-corrected chi connectivity index (χ3v) is 4.16. The van der Waals surface area contributed by atoms with E-state index < -0.39 is 0 Å². The summed E-state index contributed by atoms with van der Waals surface area (Å²) in [5, 5.41) is 0. The Labute approximate surface area is 116 Å². The van der Waals surface area contributed by atoms with Gasteiger partial charge in [0.15, 0.2) is 6.29 Å². The van der Waals surface area contributed by atoms with Crippen molar-refractivity contribution in [3.8, 4) is 0 Å². The van der Waals surface area contributed by atoms with Crippen LogP contribution in [0.25, 0.3) is 0 Å². The number of rotatable bonds is 2. The molecule has 0 saturated heterocycles. The quantitative estimate of drug-likeness (QED) is 0.783. The Bertz CT molecular complexity index is 735. The first kappa shape index (κ1) is 11.3. The van der Waals surface area contributed by atoms with Crippen LogP contribution in [0.3, 0.4) is 0 Å². The van der Waals surface area contributed by atoms with Crippen LogP contribution in [0.2, 0.25) is 0 Å². The largest absolute Gasteiger partial charge is 0.298 e. The minimum Gasteiger partial charge on any atom is -0.298 e. The number of amides is 1. The van der Waals surface area contributed by atoms with Crippen molar-refractivity contribution in [3.05, 3.63) is 53.9 Å². The van der Waals surface area contributed by atoms with Crippen molar-refractivity contribution in [1.29, 1.82) is 0 Å². The van der Waals surface area contributed by atoms with Gasteiger partial charge in [-0.15, -0.1) is 0 Å². The Morgan fingerprint density at radius 1 is 1.20 bits per heavy atom. The molecule has 2 aromatic rings. The summed E-state index contributed by atoms with van der Waals surface area (Å²) in [7, 11) is 0. The molecule has 1 aliphatic carbocycles. The summed E-state index contributed by atoms with van der Waals surface area (Å²) in [5.74, 6) is 0.101. The molecule has 0 bridgehead atoms. The first-order valence-corrected chi connectivity index (χ1v) is 6.60. The second-order valence-electron chi connectivity index (χ2n) is 5.33. The summed E-state index contributed by atoms with van der Waals surface area (Å²) in [5.41, 5.74) is 2.83. The molecule has 1 aromatic heterocycles. The van der Waals surface area contributed by atoms with Crippen LogP contribution in [0.15, 0.2) is 42.7 Å². The van der Waals surface area contributed by atoms with Crippen molar-refractivity contribution in [2.24, 2.45) is 0 Å². The second-order valence-corrected chi connectivity index (χ2v) is 5.33. The standard InChI is InChI=1S/C16H12N2O2/c19-10-11-7-12(9-17-8-11)18-14-4-2-1-3-13(14)16(5-6-16)15(18)20/h1-4,7-10H,5-6H2. The molecule has 0 N–H and O–H groups in total. The Hall–Kier alpha value is -2.49. The number of aromatic nitrogens is 1. The zero-order chi connectivity index (χ0) is 13.7. The molecular weight excluding hydrogens is 252 g/mol. The smallest absolute Gasteiger partial charge is 0.242 e. The summed E-state index contributed by atoms with van der Waals surface area (Å²) in [6.45, 7) is 0. The van der Waals surface area contributed by atoms with Gasteiger partial charge >= 0.3 is 0 Å². The topological polar surface area (TPSA) is 50.3 Å². The van der Waals surface area contributed by atoms with Gasteiger partial charge in [-0.3, -0.25) is 19.5 Å². The van der Waals surface area contributed by atoms with Crippen molar-refractivity contribution >= 4 is 23.6 Å². The van der Waals surface area contributed by atoms with Crippen LogP contribution in [-0.4, -0.2) is 17.2 Å². The number of benzene rings is 1. The fourth-order valence-electron chi connectivity index (χ4n) is 3.01. The number of hydrogen-bond donors (Lipinski definition) is 0. The van der Waals surface area contributed by atoms with E-state index in [2.05, 4.69) is 4.98 Å². The molecule has 0 unspecified atom stereocenters. The number of aldehydes is 1. The van der Waals surface area contributed by atoms with Crippen LogP contribution < -0.4 is 4.90 Å². The minimum atomic E-state index is -0.326. The van der Waals surface area contributed by atoms with Gasteiger partial charge < -0.3 is 0 Å². The van der Waals surface area contributed by atoms with Crippen LogP contribution in [0, 0.1) is 0 Å². The molecule has 4 rings (SSSR count). The normalized spacial score (nSPS) is 18.2. The molecule has 1 saturated carbocycles. The van der Waals surface area contributed by atoms with Crippen molar-refractivity contribution in [1.82, 2.24) is 4.98 Å². The van der Waals surface area contributed by atoms with Gasteiger partial charge in [-0.05, 0) is 30.5 Å². The fraction of sp³-hybridized carbons (Fsp3) is 0.188. The maximum Gasteiger partial charge on any atom is 0.242 e. The highest BCUT2D eigenvalue weighted by atomic mass is 16.2. The number of anilines is 2. The Morgan fingerprint density at radius 2 is 2.00 bits per heavy atom. The predicted molar refractivity (Wildman–Crippen MR) is 74.1 cm³/mol. The number of nitrogens with zero attached hydrogens (tertiary/aromatic N) is 2. The van der Waals surface area contributed by atoms with E-state index in [4.69, 9.17) is 0 Å². The van der Waals surface area contributed by atoms with Gasteiger partial charge in [0.1, 0.15) is 0 Å². The third-order valence-electron chi connectivity index (χ3n) is 4.16. The highest BCUT2D eigenvalue weighted by Crippen LogP contribution is 2.58. The van der Waals surface area contributed by atoms with E-state index in [-0.39, 0.29) is 11.3 Å². The SMILES string of the molecule is O=Cc1cncc(N2C(=O)C3(CC3)c3ccccc32)c1. The number of fused-ring (bicyclic) bond motifs is 2. The van der Waals surface area contributed by atoms with Gasteiger partial charge in [0.2, 0.25) is 5.91 Å². The number of pyridine rings is 1. The lowest BCUT2D eigenvalue weighted by Crippen LogP contribution is -2.28. The molecule has 2 aliphatic rings. The van der Waals surface area contributed by atoms with E-state index in [9.17, 15) is 9.59 Å². The van der Waals surface area contributed by atoms with Gasteiger partial charge in [0, 0.05) is 11.8 Å². The summed E-state index contributed by atoms with van der Waals surface area (Å²) in [4.78, 5) is 29.4. The van der Waals surface area contributed by atoms with Crippen LogP contribution in [0.1, 0.15) is 28.8 Å². The molecule has 4 nitrogen and oxygen atoms in total. The molecule has 1 spiro atoms. The predicted octanol–water partition coefficient (Wildman–Crippen LogP) is 2.60. The zero-order valence-electron chi connectivity index (χ0n) is 10.7. The van der Waals surface area contributed by atoms with Gasteiger partial charge in [-0.2, -0.15) is 0 Å². The molecule has 0 atom stereocenters. The van der Waals surface area contributed by atoms with Crippen LogP contribution >= 0.6 is 0 Å². The van der Waals surface area contributed by atoms with E-state index in [0.29, 0.717) is 11.3 Å². The van der Waals surface area contributed by atoms with Crippen LogP contribution in [0.5, 0.6) is 0 Å². The molecule has 4 heteroatoms. The average Bonchev–Trinajstić information content (AvgIpc) is 3.25. The average molecular weight is 264 g/mol. The molecule has 98 valence electrons. The third kappa shape index (κ3) is 1.33. The molecule has 0 radical (unpaired) electrons. The highest BCUT2D eigenvalue weighted by Gasteiger charge is 2.59. The maximum atomic E-state index is 12.8. The molecule has 1 amide bonds. The fourth-order valence-corrected chi connectivity index (χ4v) is 3.01. The lowest BCUT2D eigenvalue weighted by molar-refractivity contribution is -0.119. The second kappa shape index (κ2) is 3.76. The lowest BCUT2D eigenvalue weighted by Gasteiger charge is -2.17. The molecule has 1 aliphatic heterocycles. The first-order valence-electron chi connectivity index (χ1n) is 6.60. The van der Waals surface area contributed by atoms with E-state index >= 15 is 0 Å². The van der Waals surface area contributed by atoms with E-state index in [1.54, 1.807) is 17.2 Å². The van der Waals surface area contributed by atoms with Crippen molar-refractivity contribution in [2.75, 3.05) is 4.90 Å². The van der Waals surface area contributed by atoms with Crippen molar-refractivity contribution in [3.63, 3.8) is 0 Å². The number of carbonyl (C=O) groups is 2. The van der Waals surface area contributed by atoms with E-state index in [1.807, 2.05) is 24.3 Å². The summed E-state index contributed by atoms with van der Waals surface area (Å²) < 4.78 is 0. The molecule has 20 heavy (non-hydrogen) atoms. The summed E-state index contributed by atoms with van der Waals surface area (Å²) in [6, 6.07) is 9.58. The van der Waals surface area contributed by atoms with E-state index in [0.717, 1.165) is 30.4 Å². The number of carbonyl (C=O) groups excluding carboxylic acids is 2. The van der Waals surface area contributed by atoms with Crippen LogP contribution in [0.4, 0.5) is 11.4 Å². The maximum absolute atomic E-state index is 12.8. The zero-order valence-corrected chi connectivity index (χ0v) is 10.7. The van der Waals surface area contributed by atoms with Crippen molar-refractivity contribution < 1.29 is 9.59 Å². The molecular formula is C16H12N2O2. The Morgan fingerprint density at radius 3 is 2.75 bits per heavy atom. The van der Waals surface area contributed by atoms with Gasteiger partial charge in [-0.1, -0.05) is 18.2 Å². The van der Waals surface area contributed by atoms with Crippen molar-refractivity contribution in [2.45, 2.75) is 18.3 Å². The van der Waals surface area contributed by atoms with Gasteiger partial charge in [0.05, 0.1) is 23.0 Å². The van der Waals surface area contributed by atoms with Crippen LogP contribution in [-0.2, 0) is 10.2 Å². The van der Waals surface area contributed by atoms with Gasteiger partial charge in [0.25, 0.3) is 0 Å². The number of para-hydroxylation sites is 1. The lowest BCUT2D eigenvalue weighted by atomic mass is 9.98.